The lowest BCUT2D eigenvalue weighted by Gasteiger charge is -2.24. The SMILES string of the molecule is CC(/C=C/CNO[Si](C)C)C(C)(C)C. The molecule has 83 valence electrons. The lowest BCUT2D eigenvalue weighted by atomic mass is 9.82. The van der Waals surface area contributed by atoms with Gasteiger partial charge in [-0.25, -0.2) is 5.48 Å². The zero-order valence-electron chi connectivity index (χ0n) is 10.3. The second-order valence-corrected chi connectivity index (χ2v) is 6.96. The molecule has 1 atom stereocenters. The van der Waals surface area contributed by atoms with Gasteiger partial charge in [-0.1, -0.05) is 39.8 Å². The molecule has 0 amide bonds. The van der Waals surface area contributed by atoms with E-state index in [1.54, 1.807) is 0 Å². The van der Waals surface area contributed by atoms with Gasteiger partial charge < -0.3 is 4.53 Å². The zero-order chi connectivity index (χ0) is 11.2. The number of rotatable bonds is 5. The maximum atomic E-state index is 5.31. The van der Waals surface area contributed by atoms with Crippen molar-refractivity contribution >= 4 is 9.04 Å². The van der Waals surface area contributed by atoms with Crippen LogP contribution in [0.5, 0.6) is 0 Å². The van der Waals surface area contributed by atoms with Crippen molar-refractivity contribution in [2.75, 3.05) is 6.54 Å². The normalized spacial score (nSPS) is 15.4. The lowest BCUT2D eigenvalue weighted by molar-refractivity contribution is 0.212. The Morgan fingerprint density at radius 3 is 2.36 bits per heavy atom. The molecular formula is C11H24NOSi. The molecule has 3 heteroatoms. The summed E-state index contributed by atoms with van der Waals surface area (Å²) in [4.78, 5) is 0. The second kappa shape index (κ2) is 6.38. The average Bonchev–Trinajstić information content (AvgIpc) is 2.01. The van der Waals surface area contributed by atoms with E-state index in [1.807, 2.05) is 0 Å². The summed E-state index contributed by atoms with van der Waals surface area (Å²) >= 11 is 0. The van der Waals surface area contributed by atoms with Gasteiger partial charge in [0.15, 0.2) is 0 Å². The molecule has 1 radical (unpaired) electrons. The van der Waals surface area contributed by atoms with Gasteiger partial charge in [0.05, 0.1) is 0 Å². The summed E-state index contributed by atoms with van der Waals surface area (Å²) in [5.41, 5.74) is 3.30. The third kappa shape index (κ3) is 7.30. The molecule has 0 aromatic heterocycles. The Morgan fingerprint density at radius 2 is 1.93 bits per heavy atom. The summed E-state index contributed by atoms with van der Waals surface area (Å²) in [6.07, 6.45) is 4.38. The van der Waals surface area contributed by atoms with E-state index in [2.05, 4.69) is 58.4 Å². The molecule has 0 fully saturated rings. The Balaban J connectivity index is 3.63. The van der Waals surface area contributed by atoms with Gasteiger partial charge in [-0.2, -0.15) is 0 Å². The highest BCUT2D eigenvalue weighted by Crippen LogP contribution is 2.25. The first-order valence-electron chi connectivity index (χ1n) is 5.20. The van der Waals surface area contributed by atoms with E-state index in [0.717, 1.165) is 6.54 Å². The van der Waals surface area contributed by atoms with Crippen LogP contribution in [-0.4, -0.2) is 15.6 Å². The predicted molar refractivity (Wildman–Crippen MR) is 64.3 cm³/mol. The first-order valence-corrected chi connectivity index (χ1v) is 7.61. The molecule has 0 saturated heterocycles. The van der Waals surface area contributed by atoms with E-state index < -0.39 is 9.04 Å². The van der Waals surface area contributed by atoms with E-state index in [1.165, 1.54) is 0 Å². The third-order valence-corrected chi connectivity index (χ3v) is 2.82. The van der Waals surface area contributed by atoms with Crippen molar-refractivity contribution in [3.8, 4) is 0 Å². The molecule has 0 heterocycles. The van der Waals surface area contributed by atoms with Crippen molar-refractivity contribution in [1.82, 2.24) is 5.48 Å². The lowest BCUT2D eigenvalue weighted by Crippen LogP contribution is -2.22. The summed E-state index contributed by atoms with van der Waals surface area (Å²) in [6, 6.07) is 0. The quantitative estimate of drug-likeness (QED) is 0.329. The van der Waals surface area contributed by atoms with Gasteiger partial charge in [0, 0.05) is 6.54 Å². The van der Waals surface area contributed by atoms with E-state index in [0.29, 0.717) is 11.3 Å². The van der Waals surface area contributed by atoms with Crippen molar-refractivity contribution in [2.45, 2.75) is 40.8 Å². The van der Waals surface area contributed by atoms with E-state index in [4.69, 9.17) is 4.53 Å². The highest BCUT2D eigenvalue weighted by molar-refractivity contribution is 6.48. The van der Waals surface area contributed by atoms with Crippen LogP contribution in [0.1, 0.15) is 27.7 Å². The van der Waals surface area contributed by atoms with Crippen molar-refractivity contribution in [3.05, 3.63) is 12.2 Å². The summed E-state index contributed by atoms with van der Waals surface area (Å²) in [6.45, 7) is 14.0. The van der Waals surface area contributed by atoms with Crippen molar-refractivity contribution in [1.29, 1.82) is 0 Å². The van der Waals surface area contributed by atoms with Gasteiger partial charge in [0.1, 0.15) is 0 Å². The molecule has 2 nitrogen and oxygen atoms in total. The molecule has 0 aliphatic heterocycles. The molecule has 0 aliphatic carbocycles. The second-order valence-electron chi connectivity index (χ2n) is 4.94. The molecular weight excluding hydrogens is 190 g/mol. The molecule has 0 saturated carbocycles. The van der Waals surface area contributed by atoms with Gasteiger partial charge >= 0.3 is 0 Å². The third-order valence-electron chi connectivity index (χ3n) is 2.27. The number of hydrogen-bond donors (Lipinski definition) is 1. The van der Waals surface area contributed by atoms with Gasteiger partial charge in [-0.3, -0.25) is 0 Å². The molecule has 0 bridgehead atoms. The van der Waals surface area contributed by atoms with Crippen molar-refractivity contribution in [3.63, 3.8) is 0 Å². The molecule has 0 spiro atoms. The fourth-order valence-corrected chi connectivity index (χ4v) is 1.17. The Hall–Kier alpha value is -0.123. The molecule has 0 aliphatic rings. The highest BCUT2D eigenvalue weighted by Gasteiger charge is 2.16. The number of nitrogens with one attached hydrogen (secondary N) is 1. The first kappa shape index (κ1) is 13.9. The Kier molecular flexibility index (Phi) is 6.32. The Labute approximate surface area is 90.4 Å². The van der Waals surface area contributed by atoms with Crippen molar-refractivity contribution < 1.29 is 4.53 Å². The van der Waals surface area contributed by atoms with Crippen LogP contribution in [0.25, 0.3) is 0 Å². The number of hydrogen-bond acceptors (Lipinski definition) is 2. The van der Waals surface area contributed by atoms with Crippen LogP contribution < -0.4 is 5.48 Å². The van der Waals surface area contributed by atoms with Gasteiger partial charge in [-0.15, -0.1) is 0 Å². The zero-order valence-corrected chi connectivity index (χ0v) is 11.3. The maximum absolute atomic E-state index is 5.31. The molecule has 1 unspecified atom stereocenters. The summed E-state index contributed by atoms with van der Waals surface area (Å²) in [5, 5.41) is 0. The minimum atomic E-state index is -0.608. The fourth-order valence-electron chi connectivity index (χ4n) is 0.795. The predicted octanol–water partition coefficient (Wildman–Crippen LogP) is 3.00. The standard InChI is InChI=1S/C11H24NOSi/c1-10(11(2,3)4)8-7-9-12-13-14(5)6/h7-8,10,12H,9H2,1-6H3/b8-7+. The number of allylic oxidation sites excluding steroid dienone is 1. The van der Waals surface area contributed by atoms with E-state index in [-0.39, 0.29) is 0 Å². The molecule has 1 N–H and O–H groups in total. The van der Waals surface area contributed by atoms with Crippen LogP contribution >= 0.6 is 0 Å². The fraction of sp³-hybridized carbons (Fsp3) is 0.818. The summed E-state index contributed by atoms with van der Waals surface area (Å²) in [5.74, 6) is 0.595. The van der Waals surface area contributed by atoms with Gasteiger partial charge in [0.25, 0.3) is 0 Å². The molecule has 0 aromatic rings. The summed E-state index contributed by atoms with van der Waals surface area (Å²) in [7, 11) is -0.608. The van der Waals surface area contributed by atoms with Crippen LogP contribution in [0.4, 0.5) is 0 Å². The van der Waals surface area contributed by atoms with Gasteiger partial charge in [0.2, 0.25) is 9.04 Å². The Bertz CT molecular complexity index is 173. The monoisotopic (exact) mass is 214 g/mol. The van der Waals surface area contributed by atoms with Crippen LogP contribution in [0.2, 0.25) is 13.1 Å². The van der Waals surface area contributed by atoms with E-state index >= 15 is 0 Å². The topological polar surface area (TPSA) is 21.3 Å². The minimum Gasteiger partial charge on any atom is -0.346 e. The molecule has 0 aromatic carbocycles. The van der Waals surface area contributed by atoms with Crippen molar-refractivity contribution in [2.24, 2.45) is 11.3 Å². The largest absolute Gasteiger partial charge is 0.346 e. The minimum absolute atomic E-state index is 0.349. The average molecular weight is 214 g/mol. The van der Waals surface area contributed by atoms with Crippen LogP contribution in [0, 0.1) is 11.3 Å². The molecule has 14 heavy (non-hydrogen) atoms. The number of hydroxylamine groups is 1. The van der Waals surface area contributed by atoms with Gasteiger partial charge in [-0.05, 0) is 24.4 Å². The smallest absolute Gasteiger partial charge is 0.235 e. The maximum Gasteiger partial charge on any atom is 0.235 e. The first-order chi connectivity index (χ1) is 6.34. The van der Waals surface area contributed by atoms with Crippen LogP contribution in [-0.2, 0) is 4.53 Å². The molecule has 0 rings (SSSR count). The van der Waals surface area contributed by atoms with E-state index in [9.17, 15) is 0 Å². The summed E-state index contributed by atoms with van der Waals surface area (Å²) < 4.78 is 5.31. The Morgan fingerprint density at radius 1 is 1.36 bits per heavy atom. The van der Waals surface area contributed by atoms with Crippen LogP contribution in [0.15, 0.2) is 12.2 Å². The van der Waals surface area contributed by atoms with Crippen LogP contribution in [0.3, 0.4) is 0 Å². The highest BCUT2D eigenvalue weighted by atomic mass is 28.3.